The van der Waals surface area contributed by atoms with Crippen molar-refractivity contribution in [1.29, 1.82) is 0 Å². The Balaban J connectivity index is 2.22. The minimum Gasteiger partial charge on any atom is -0.453 e. The van der Waals surface area contributed by atoms with Gasteiger partial charge in [-0.05, 0) is 12.5 Å². The summed E-state index contributed by atoms with van der Waals surface area (Å²) >= 11 is 0. The fourth-order valence-corrected chi connectivity index (χ4v) is 1.46. The van der Waals surface area contributed by atoms with E-state index in [2.05, 4.69) is 5.32 Å². The molecule has 0 saturated carbocycles. The lowest BCUT2D eigenvalue weighted by Crippen LogP contribution is -2.32. The average Bonchev–Trinajstić information content (AvgIpc) is 2.39. The van der Waals surface area contributed by atoms with Crippen LogP contribution >= 0.6 is 0 Å². The van der Waals surface area contributed by atoms with Gasteiger partial charge in [-0.1, -0.05) is 30.3 Å². The highest BCUT2D eigenvalue weighted by Gasteiger charge is 2.14. The molecule has 3 N–H and O–H groups in total. The van der Waals surface area contributed by atoms with Crippen LogP contribution < -0.4 is 11.1 Å². The molecule has 6 nitrogen and oxygen atoms in total. The number of carbonyl (C=O) groups excluding carboxylic acids is 3. The van der Waals surface area contributed by atoms with Crippen LogP contribution in [0.4, 0.5) is 0 Å². The Morgan fingerprint density at radius 1 is 1.25 bits per heavy atom. The van der Waals surface area contributed by atoms with E-state index < -0.39 is 18.0 Å². The molecule has 0 saturated heterocycles. The third kappa shape index (κ3) is 5.99. The summed E-state index contributed by atoms with van der Waals surface area (Å²) < 4.78 is 4.75. The van der Waals surface area contributed by atoms with Gasteiger partial charge < -0.3 is 15.8 Å². The molecule has 0 radical (unpaired) electrons. The number of carbonyl (C=O) groups is 3. The molecule has 20 heavy (non-hydrogen) atoms. The van der Waals surface area contributed by atoms with Gasteiger partial charge in [0.05, 0.1) is 12.8 Å². The van der Waals surface area contributed by atoms with E-state index in [0.29, 0.717) is 0 Å². The summed E-state index contributed by atoms with van der Waals surface area (Å²) in [4.78, 5) is 33.6. The Morgan fingerprint density at radius 2 is 1.90 bits per heavy atom. The van der Waals surface area contributed by atoms with Crippen molar-refractivity contribution in [2.75, 3.05) is 6.54 Å². The first-order chi connectivity index (χ1) is 9.49. The van der Waals surface area contributed by atoms with Crippen LogP contribution in [0.2, 0.25) is 0 Å². The van der Waals surface area contributed by atoms with E-state index in [1.54, 1.807) is 0 Å². The molecule has 1 rings (SSSR count). The molecule has 1 atom stereocenters. The standard InChI is InChI=1S/C14H18N2O4/c1-10(14(15)19)20-13(18)7-8-16-12(17)9-11-5-3-2-4-6-11/h2-6,10H,7-9H2,1H3,(H2,15,19)(H,16,17). The smallest absolute Gasteiger partial charge is 0.308 e. The maximum Gasteiger partial charge on any atom is 0.308 e. The molecule has 0 fully saturated rings. The van der Waals surface area contributed by atoms with Crippen molar-refractivity contribution in [2.24, 2.45) is 5.73 Å². The number of nitrogens with two attached hydrogens (primary N) is 1. The normalized spacial score (nSPS) is 11.4. The monoisotopic (exact) mass is 278 g/mol. The summed E-state index contributed by atoms with van der Waals surface area (Å²) in [5.74, 6) is -1.45. The van der Waals surface area contributed by atoms with E-state index in [4.69, 9.17) is 10.5 Å². The van der Waals surface area contributed by atoms with E-state index in [0.717, 1.165) is 5.56 Å². The van der Waals surface area contributed by atoms with Gasteiger partial charge in [0.15, 0.2) is 6.10 Å². The molecular weight excluding hydrogens is 260 g/mol. The number of hydrogen-bond acceptors (Lipinski definition) is 4. The van der Waals surface area contributed by atoms with E-state index in [1.807, 2.05) is 30.3 Å². The molecule has 0 spiro atoms. The van der Waals surface area contributed by atoms with Gasteiger partial charge in [0.2, 0.25) is 5.91 Å². The molecule has 1 aromatic carbocycles. The van der Waals surface area contributed by atoms with Crippen molar-refractivity contribution in [3.63, 3.8) is 0 Å². The van der Waals surface area contributed by atoms with E-state index >= 15 is 0 Å². The largest absolute Gasteiger partial charge is 0.453 e. The Hall–Kier alpha value is -2.37. The number of benzene rings is 1. The summed E-state index contributed by atoms with van der Waals surface area (Å²) in [6.07, 6.45) is -0.700. The molecule has 2 amide bonds. The molecule has 0 aliphatic carbocycles. The van der Waals surface area contributed by atoms with Crippen molar-refractivity contribution in [2.45, 2.75) is 25.9 Å². The number of nitrogens with one attached hydrogen (secondary N) is 1. The minimum absolute atomic E-state index is 0.00184. The van der Waals surface area contributed by atoms with Gasteiger partial charge in [-0.2, -0.15) is 0 Å². The maximum atomic E-state index is 11.6. The number of ether oxygens (including phenoxy) is 1. The van der Waals surface area contributed by atoms with E-state index in [9.17, 15) is 14.4 Å². The fourth-order valence-electron chi connectivity index (χ4n) is 1.46. The third-order valence-electron chi connectivity index (χ3n) is 2.57. The number of primary amides is 1. The van der Waals surface area contributed by atoms with Gasteiger partial charge in [-0.25, -0.2) is 0 Å². The van der Waals surface area contributed by atoms with Crippen LogP contribution in [-0.4, -0.2) is 30.4 Å². The van der Waals surface area contributed by atoms with Crippen LogP contribution in [0.25, 0.3) is 0 Å². The summed E-state index contributed by atoms with van der Waals surface area (Å²) in [6.45, 7) is 1.56. The molecule has 1 aromatic rings. The summed E-state index contributed by atoms with van der Waals surface area (Å²) in [6, 6.07) is 9.28. The number of hydrogen-bond donors (Lipinski definition) is 2. The Bertz CT molecular complexity index is 473. The zero-order valence-corrected chi connectivity index (χ0v) is 11.3. The average molecular weight is 278 g/mol. The van der Waals surface area contributed by atoms with Crippen LogP contribution in [0.3, 0.4) is 0 Å². The van der Waals surface area contributed by atoms with Gasteiger partial charge in [0, 0.05) is 6.54 Å². The van der Waals surface area contributed by atoms with Crippen molar-refractivity contribution < 1.29 is 19.1 Å². The lowest BCUT2D eigenvalue weighted by Gasteiger charge is -2.09. The third-order valence-corrected chi connectivity index (χ3v) is 2.57. The van der Waals surface area contributed by atoms with E-state index in [1.165, 1.54) is 6.92 Å². The molecular formula is C14H18N2O4. The topological polar surface area (TPSA) is 98.5 Å². The zero-order chi connectivity index (χ0) is 15.0. The molecule has 0 heterocycles. The number of amides is 2. The zero-order valence-electron chi connectivity index (χ0n) is 11.3. The van der Waals surface area contributed by atoms with Crippen LogP contribution in [0, 0.1) is 0 Å². The number of esters is 1. The van der Waals surface area contributed by atoms with Crippen LogP contribution in [0.1, 0.15) is 18.9 Å². The molecule has 0 aliphatic heterocycles. The quantitative estimate of drug-likeness (QED) is 0.694. The SMILES string of the molecule is CC(OC(=O)CCNC(=O)Cc1ccccc1)C(N)=O. The second kappa shape index (κ2) is 7.93. The second-order valence-corrected chi connectivity index (χ2v) is 4.30. The lowest BCUT2D eigenvalue weighted by molar-refractivity contribution is -0.153. The summed E-state index contributed by atoms with van der Waals surface area (Å²) in [5, 5.41) is 2.61. The molecule has 6 heteroatoms. The van der Waals surface area contributed by atoms with Crippen molar-refractivity contribution in [1.82, 2.24) is 5.32 Å². The van der Waals surface area contributed by atoms with Crippen LogP contribution in [0.15, 0.2) is 30.3 Å². The lowest BCUT2D eigenvalue weighted by atomic mass is 10.1. The highest BCUT2D eigenvalue weighted by molar-refractivity contribution is 5.82. The molecule has 1 unspecified atom stereocenters. The molecule has 0 aromatic heterocycles. The predicted molar refractivity (Wildman–Crippen MR) is 72.5 cm³/mol. The molecule has 0 bridgehead atoms. The highest BCUT2D eigenvalue weighted by atomic mass is 16.5. The first-order valence-corrected chi connectivity index (χ1v) is 6.28. The Kier molecular flexibility index (Phi) is 6.22. The minimum atomic E-state index is -0.956. The molecule has 108 valence electrons. The fraction of sp³-hybridized carbons (Fsp3) is 0.357. The maximum absolute atomic E-state index is 11.6. The van der Waals surface area contributed by atoms with Crippen molar-refractivity contribution in [3.05, 3.63) is 35.9 Å². The highest BCUT2D eigenvalue weighted by Crippen LogP contribution is 1.99. The molecule has 0 aliphatic rings. The van der Waals surface area contributed by atoms with Crippen LogP contribution in [-0.2, 0) is 25.5 Å². The van der Waals surface area contributed by atoms with Gasteiger partial charge in [0.1, 0.15) is 0 Å². The Morgan fingerprint density at radius 3 is 2.50 bits per heavy atom. The Labute approximate surface area is 117 Å². The van der Waals surface area contributed by atoms with Gasteiger partial charge >= 0.3 is 5.97 Å². The predicted octanol–water partition coefficient (Wildman–Crippen LogP) is 0.152. The summed E-state index contributed by atoms with van der Waals surface area (Å²) in [7, 11) is 0. The van der Waals surface area contributed by atoms with Gasteiger partial charge in [0.25, 0.3) is 5.91 Å². The first kappa shape index (κ1) is 15.7. The second-order valence-electron chi connectivity index (χ2n) is 4.30. The van der Waals surface area contributed by atoms with Gasteiger partial charge in [-0.3, -0.25) is 14.4 Å². The van der Waals surface area contributed by atoms with Gasteiger partial charge in [-0.15, -0.1) is 0 Å². The van der Waals surface area contributed by atoms with Crippen LogP contribution in [0.5, 0.6) is 0 Å². The first-order valence-electron chi connectivity index (χ1n) is 6.28. The van der Waals surface area contributed by atoms with Crippen molar-refractivity contribution >= 4 is 17.8 Å². The summed E-state index contributed by atoms with van der Waals surface area (Å²) in [5.41, 5.74) is 5.86. The van der Waals surface area contributed by atoms with E-state index in [-0.39, 0.29) is 25.3 Å². The number of rotatable bonds is 7. The van der Waals surface area contributed by atoms with Crippen molar-refractivity contribution in [3.8, 4) is 0 Å².